The van der Waals surface area contributed by atoms with E-state index < -0.39 is 0 Å². The first-order valence-electron chi connectivity index (χ1n) is 9.67. The fourth-order valence-corrected chi connectivity index (χ4v) is 2.68. The van der Waals surface area contributed by atoms with E-state index in [1.54, 1.807) is 6.20 Å². The third-order valence-corrected chi connectivity index (χ3v) is 4.42. The normalized spacial score (nSPS) is 10.6. The highest BCUT2D eigenvalue weighted by molar-refractivity contribution is 9.10. The third kappa shape index (κ3) is 7.62. The Hall–Kier alpha value is -2.80. The Balaban J connectivity index is 0.000000268. The van der Waals surface area contributed by atoms with Gasteiger partial charge < -0.3 is 22.9 Å². The molecule has 29 heavy (non-hydrogen) atoms. The lowest BCUT2D eigenvalue weighted by molar-refractivity contribution is 0.807. The van der Waals surface area contributed by atoms with Crippen molar-refractivity contribution >= 4 is 49.7 Å². The summed E-state index contributed by atoms with van der Waals surface area (Å²) in [4.78, 5) is 8.24. The largest absolute Gasteiger partial charge is 0.399 e. The molecule has 6 nitrogen and oxygen atoms in total. The van der Waals surface area contributed by atoms with Crippen molar-refractivity contribution in [3.05, 3.63) is 58.7 Å². The van der Waals surface area contributed by atoms with Crippen LogP contribution in [0.4, 0.5) is 17.2 Å². The minimum atomic E-state index is 0.380. The number of nitrogen functional groups attached to an aromatic ring is 3. The van der Waals surface area contributed by atoms with Crippen LogP contribution in [0.15, 0.2) is 58.1 Å². The molecule has 7 heteroatoms. The van der Waals surface area contributed by atoms with Gasteiger partial charge in [0.2, 0.25) is 0 Å². The summed E-state index contributed by atoms with van der Waals surface area (Å²) in [7, 11) is 0. The van der Waals surface area contributed by atoms with Crippen molar-refractivity contribution in [2.75, 3.05) is 23.7 Å². The van der Waals surface area contributed by atoms with Gasteiger partial charge in [-0.3, -0.25) is 4.99 Å². The van der Waals surface area contributed by atoms with Crippen LogP contribution in [0.25, 0.3) is 10.8 Å². The Morgan fingerprint density at radius 3 is 2.31 bits per heavy atom. The van der Waals surface area contributed by atoms with E-state index in [0.717, 1.165) is 45.9 Å². The highest BCUT2D eigenvalue weighted by Gasteiger charge is 2.02. The molecular formula is C22H31BrN6. The van der Waals surface area contributed by atoms with Crippen molar-refractivity contribution in [2.24, 2.45) is 10.7 Å². The molecule has 0 saturated heterocycles. The predicted molar refractivity (Wildman–Crippen MR) is 131 cm³/mol. The van der Waals surface area contributed by atoms with Crippen LogP contribution >= 0.6 is 15.9 Å². The molecule has 0 amide bonds. The monoisotopic (exact) mass is 458 g/mol. The number of aliphatic imine (C=N–C) groups is 1. The summed E-state index contributed by atoms with van der Waals surface area (Å²) in [5.41, 5.74) is 25.0. The molecule has 3 rings (SSSR count). The van der Waals surface area contributed by atoms with E-state index in [0.29, 0.717) is 17.3 Å². The van der Waals surface area contributed by atoms with E-state index in [9.17, 15) is 0 Å². The maximum absolute atomic E-state index is 5.80. The summed E-state index contributed by atoms with van der Waals surface area (Å²) in [5.74, 6) is 0.976. The molecule has 0 aliphatic heterocycles. The van der Waals surface area contributed by atoms with Gasteiger partial charge in [-0.2, -0.15) is 0 Å². The molecule has 0 spiro atoms. The molecule has 0 unspecified atom stereocenters. The van der Waals surface area contributed by atoms with Crippen LogP contribution in [-0.4, -0.2) is 17.4 Å². The first kappa shape index (κ1) is 24.2. The molecule has 0 aliphatic rings. The number of nitrogens with zero attached hydrogens (tertiary/aromatic N) is 2. The maximum Gasteiger partial charge on any atom is 0.147 e. The van der Waals surface area contributed by atoms with Gasteiger partial charge in [0, 0.05) is 39.2 Å². The van der Waals surface area contributed by atoms with Gasteiger partial charge >= 0.3 is 0 Å². The average molecular weight is 459 g/mol. The summed E-state index contributed by atoms with van der Waals surface area (Å²) in [5, 5.41) is 1.93. The standard InChI is InChI=1S/C11H17N3.C9H8BrN3.C2H6/c1-2-3-8-14-11(13)9-4-6-10(12)7-5-9;10-6-2-1-5-4-13-9(12)8(11)7(5)3-6;1-2/h4-7H,2-3,8,12H2,1H3,(H2,13,14);1-4H,11H2,(H2,12,13);1-2H3. The number of amidine groups is 1. The van der Waals surface area contributed by atoms with Crippen molar-refractivity contribution in [1.82, 2.24) is 4.98 Å². The highest BCUT2D eigenvalue weighted by atomic mass is 79.9. The van der Waals surface area contributed by atoms with Crippen LogP contribution in [0.1, 0.15) is 39.2 Å². The lowest BCUT2D eigenvalue weighted by Gasteiger charge is -2.04. The van der Waals surface area contributed by atoms with Crippen molar-refractivity contribution in [3.8, 4) is 0 Å². The van der Waals surface area contributed by atoms with Gasteiger partial charge in [-0.1, -0.05) is 49.2 Å². The number of nitrogens with two attached hydrogens (primary N) is 4. The number of benzene rings is 2. The quantitative estimate of drug-likeness (QED) is 0.190. The van der Waals surface area contributed by atoms with Crippen molar-refractivity contribution < 1.29 is 0 Å². The van der Waals surface area contributed by atoms with E-state index in [1.165, 1.54) is 0 Å². The Kier molecular flexibility index (Phi) is 10.5. The molecule has 1 aromatic heterocycles. The molecular weight excluding hydrogens is 428 g/mol. The van der Waals surface area contributed by atoms with Gasteiger partial charge in [-0.15, -0.1) is 0 Å². The molecule has 3 aromatic rings. The van der Waals surface area contributed by atoms with Gasteiger partial charge in [-0.25, -0.2) is 4.98 Å². The number of hydrogen-bond acceptors (Lipinski definition) is 5. The zero-order valence-corrected chi connectivity index (χ0v) is 18.9. The molecule has 0 aliphatic carbocycles. The van der Waals surface area contributed by atoms with E-state index >= 15 is 0 Å². The third-order valence-electron chi connectivity index (χ3n) is 3.92. The second kappa shape index (κ2) is 12.6. The summed E-state index contributed by atoms with van der Waals surface area (Å²) >= 11 is 3.37. The fourth-order valence-electron chi connectivity index (χ4n) is 2.32. The van der Waals surface area contributed by atoms with E-state index in [1.807, 2.05) is 56.3 Å². The van der Waals surface area contributed by atoms with Gasteiger partial charge in [-0.05, 0) is 42.8 Å². The van der Waals surface area contributed by atoms with Crippen molar-refractivity contribution in [2.45, 2.75) is 33.6 Å². The Bertz CT molecular complexity index is 917. The number of hydrogen-bond donors (Lipinski definition) is 4. The van der Waals surface area contributed by atoms with Crippen LogP contribution in [0, 0.1) is 0 Å². The van der Waals surface area contributed by atoms with Gasteiger partial charge in [0.15, 0.2) is 0 Å². The predicted octanol–water partition coefficient (Wildman–Crippen LogP) is 4.96. The smallest absolute Gasteiger partial charge is 0.147 e. The first-order chi connectivity index (χ1) is 13.9. The van der Waals surface area contributed by atoms with E-state index in [2.05, 4.69) is 32.8 Å². The number of halogens is 1. The molecule has 0 bridgehead atoms. The summed E-state index contributed by atoms with van der Waals surface area (Å²) in [6, 6.07) is 13.3. The molecule has 1 heterocycles. The van der Waals surface area contributed by atoms with Crippen LogP contribution in [0.3, 0.4) is 0 Å². The average Bonchev–Trinajstić information content (AvgIpc) is 2.74. The Morgan fingerprint density at radius 1 is 1.03 bits per heavy atom. The molecule has 0 radical (unpaired) electrons. The summed E-state index contributed by atoms with van der Waals surface area (Å²) < 4.78 is 0.984. The van der Waals surface area contributed by atoms with Crippen LogP contribution in [0.5, 0.6) is 0 Å². The van der Waals surface area contributed by atoms with Crippen molar-refractivity contribution in [1.29, 1.82) is 0 Å². The number of pyridine rings is 1. The zero-order chi connectivity index (χ0) is 21.8. The first-order valence-corrected chi connectivity index (χ1v) is 10.5. The number of unbranched alkanes of at least 4 members (excludes halogenated alkanes) is 1. The fraction of sp³-hybridized carbons (Fsp3) is 0.273. The highest BCUT2D eigenvalue weighted by Crippen LogP contribution is 2.27. The van der Waals surface area contributed by atoms with Crippen LogP contribution in [0.2, 0.25) is 0 Å². The second-order valence-electron chi connectivity index (χ2n) is 6.03. The second-order valence-corrected chi connectivity index (χ2v) is 6.95. The topological polar surface area (TPSA) is 129 Å². The molecule has 156 valence electrons. The van der Waals surface area contributed by atoms with E-state index in [4.69, 9.17) is 22.9 Å². The number of rotatable bonds is 4. The number of aromatic nitrogens is 1. The molecule has 0 saturated carbocycles. The van der Waals surface area contributed by atoms with Gasteiger partial charge in [0.05, 0.1) is 5.69 Å². The number of fused-ring (bicyclic) bond motifs is 1. The van der Waals surface area contributed by atoms with E-state index in [-0.39, 0.29) is 0 Å². The lowest BCUT2D eigenvalue weighted by Crippen LogP contribution is -2.13. The Labute approximate surface area is 181 Å². The SMILES string of the molecule is CC.CCCCN=C(N)c1ccc(N)cc1.Nc1ncc2ccc(Br)cc2c1N. The minimum absolute atomic E-state index is 0.380. The molecule has 2 aromatic carbocycles. The number of anilines is 3. The van der Waals surface area contributed by atoms with Crippen LogP contribution in [-0.2, 0) is 0 Å². The molecule has 8 N–H and O–H groups in total. The minimum Gasteiger partial charge on any atom is -0.399 e. The van der Waals surface area contributed by atoms with Gasteiger partial charge in [0.25, 0.3) is 0 Å². The summed E-state index contributed by atoms with van der Waals surface area (Å²) in [6.07, 6.45) is 3.93. The molecule has 0 atom stereocenters. The Morgan fingerprint density at radius 2 is 1.69 bits per heavy atom. The lowest BCUT2D eigenvalue weighted by atomic mass is 10.1. The maximum atomic E-state index is 5.80. The van der Waals surface area contributed by atoms with Crippen molar-refractivity contribution in [3.63, 3.8) is 0 Å². The zero-order valence-electron chi connectivity index (χ0n) is 17.3. The van der Waals surface area contributed by atoms with Crippen LogP contribution < -0.4 is 22.9 Å². The van der Waals surface area contributed by atoms with Gasteiger partial charge in [0.1, 0.15) is 11.7 Å². The molecule has 0 fully saturated rings. The summed E-state index contributed by atoms with van der Waals surface area (Å²) in [6.45, 7) is 6.93.